The van der Waals surface area contributed by atoms with Crippen LogP contribution in [0.15, 0.2) is 36.5 Å². The van der Waals surface area contributed by atoms with Gasteiger partial charge in [-0.1, -0.05) is 0 Å². The summed E-state index contributed by atoms with van der Waals surface area (Å²) in [6.45, 7) is 1.14. The number of amides is 1. The molecule has 1 fully saturated rings. The van der Waals surface area contributed by atoms with Crippen LogP contribution in [0.3, 0.4) is 0 Å². The van der Waals surface area contributed by atoms with Crippen molar-refractivity contribution in [2.75, 3.05) is 24.3 Å². The summed E-state index contributed by atoms with van der Waals surface area (Å²) >= 11 is 0. The molecule has 0 saturated carbocycles. The SMILES string of the molecule is Nc1ccc(-n2nccc2NC(=O)C2CCOC2)cc1. The number of nitrogens with zero attached hydrogens (tertiary/aromatic N) is 2. The van der Waals surface area contributed by atoms with Crippen molar-refractivity contribution < 1.29 is 9.53 Å². The first kappa shape index (κ1) is 12.7. The van der Waals surface area contributed by atoms with Crippen LogP contribution in [0, 0.1) is 5.92 Å². The van der Waals surface area contributed by atoms with Crippen molar-refractivity contribution in [2.24, 2.45) is 5.92 Å². The molecule has 1 aliphatic heterocycles. The fourth-order valence-corrected chi connectivity index (χ4v) is 2.19. The maximum Gasteiger partial charge on any atom is 0.231 e. The van der Waals surface area contributed by atoms with Gasteiger partial charge in [0.05, 0.1) is 24.4 Å². The van der Waals surface area contributed by atoms with Gasteiger partial charge in [-0.05, 0) is 30.7 Å². The Hall–Kier alpha value is -2.34. The molecule has 1 amide bonds. The zero-order chi connectivity index (χ0) is 13.9. The van der Waals surface area contributed by atoms with Gasteiger partial charge in [-0.2, -0.15) is 5.10 Å². The van der Waals surface area contributed by atoms with Gasteiger partial charge in [-0.15, -0.1) is 0 Å². The van der Waals surface area contributed by atoms with Gasteiger partial charge in [-0.3, -0.25) is 4.79 Å². The van der Waals surface area contributed by atoms with Crippen LogP contribution in [0.4, 0.5) is 11.5 Å². The molecular weight excluding hydrogens is 256 g/mol. The minimum atomic E-state index is -0.0789. The molecule has 0 bridgehead atoms. The number of nitrogens with one attached hydrogen (secondary N) is 1. The van der Waals surface area contributed by atoms with Gasteiger partial charge in [0.25, 0.3) is 0 Å². The molecule has 0 aliphatic carbocycles. The summed E-state index contributed by atoms with van der Waals surface area (Å²) in [5.74, 6) is 0.538. The second kappa shape index (κ2) is 5.34. The largest absolute Gasteiger partial charge is 0.399 e. The second-order valence-corrected chi connectivity index (χ2v) is 4.77. The normalized spacial score (nSPS) is 18.1. The Labute approximate surface area is 116 Å². The van der Waals surface area contributed by atoms with E-state index in [2.05, 4.69) is 10.4 Å². The quantitative estimate of drug-likeness (QED) is 0.828. The minimum Gasteiger partial charge on any atom is -0.399 e. The summed E-state index contributed by atoms with van der Waals surface area (Å²) in [6.07, 6.45) is 2.42. The molecule has 6 heteroatoms. The van der Waals surface area contributed by atoms with Crippen LogP contribution in [-0.4, -0.2) is 28.9 Å². The smallest absolute Gasteiger partial charge is 0.231 e. The van der Waals surface area contributed by atoms with E-state index in [0.29, 0.717) is 24.7 Å². The van der Waals surface area contributed by atoms with E-state index in [1.807, 2.05) is 12.1 Å². The van der Waals surface area contributed by atoms with Crippen LogP contribution < -0.4 is 11.1 Å². The number of carbonyl (C=O) groups is 1. The van der Waals surface area contributed by atoms with Crippen LogP contribution >= 0.6 is 0 Å². The standard InChI is InChI=1S/C14H16N4O2/c15-11-1-3-12(4-2-11)18-13(5-7-16-18)17-14(19)10-6-8-20-9-10/h1-5,7,10H,6,8-9,15H2,(H,17,19). The lowest BCUT2D eigenvalue weighted by molar-refractivity contribution is -0.119. The molecule has 1 atom stereocenters. The molecule has 1 aromatic heterocycles. The maximum atomic E-state index is 12.1. The van der Waals surface area contributed by atoms with Crippen molar-refractivity contribution in [3.63, 3.8) is 0 Å². The average Bonchev–Trinajstić information content (AvgIpc) is 3.10. The molecule has 3 rings (SSSR count). The Morgan fingerprint density at radius 3 is 2.85 bits per heavy atom. The zero-order valence-corrected chi connectivity index (χ0v) is 11.0. The lowest BCUT2D eigenvalue weighted by Crippen LogP contribution is -2.24. The van der Waals surface area contributed by atoms with Crippen molar-refractivity contribution in [3.8, 4) is 5.69 Å². The molecule has 6 nitrogen and oxygen atoms in total. The summed E-state index contributed by atoms with van der Waals surface area (Å²) in [5.41, 5.74) is 7.21. The van der Waals surface area contributed by atoms with Crippen LogP contribution in [0.1, 0.15) is 6.42 Å². The van der Waals surface area contributed by atoms with Crippen LogP contribution in [0.5, 0.6) is 0 Å². The highest BCUT2D eigenvalue weighted by Crippen LogP contribution is 2.19. The molecule has 2 aromatic rings. The number of aromatic nitrogens is 2. The number of rotatable bonds is 3. The van der Waals surface area contributed by atoms with E-state index in [-0.39, 0.29) is 11.8 Å². The van der Waals surface area contributed by atoms with Gasteiger partial charge < -0.3 is 15.8 Å². The number of nitrogens with two attached hydrogens (primary N) is 1. The molecule has 1 aromatic carbocycles. The molecule has 20 heavy (non-hydrogen) atoms. The molecule has 2 heterocycles. The van der Waals surface area contributed by atoms with Crippen molar-refractivity contribution >= 4 is 17.4 Å². The van der Waals surface area contributed by atoms with Gasteiger partial charge in [-0.25, -0.2) is 4.68 Å². The first-order chi connectivity index (χ1) is 9.74. The van der Waals surface area contributed by atoms with Gasteiger partial charge in [0.15, 0.2) is 0 Å². The summed E-state index contributed by atoms with van der Waals surface area (Å²) in [6, 6.07) is 9.08. The number of hydrogen-bond donors (Lipinski definition) is 2. The second-order valence-electron chi connectivity index (χ2n) is 4.77. The number of anilines is 2. The Morgan fingerprint density at radius 1 is 1.35 bits per heavy atom. The topological polar surface area (TPSA) is 82.2 Å². The molecule has 0 spiro atoms. The minimum absolute atomic E-state index is 0.0281. The third kappa shape index (κ3) is 2.50. The predicted octanol–water partition coefficient (Wildman–Crippen LogP) is 1.43. The fraction of sp³-hybridized carbons (Fsp3) is 0.286. The Balaban J connectivity index is 1.79. The number of hydrogen-bond acceptors (Lipinski definition) is 4. The predicted molar refractivity (Wildman–Crippen MR) is 75.5 cm³/mol. The van der Waals surface area contributed by atoms with Gasteiger partial charge >= 0.3 is 0 Å². The highest BCUT2D eigenvalue weighted by Gasteiger charge is 2.24. The molecule has 1 saturated heterocycles. The summed E-state index contributed by atoms with van der Waals surface area (Å²) < 4.78 is 6.90. The molecule has 1 unspecified atom stereocenters. The van der Waals surface area contributed by atoms with E-state index in [9.17, 15) is 4.79 Å². The summed E-state index contributed by atoms with van der Waals surface area (Å²) in [4.78, 5) is 12.1. The van der Waals surface area contributed by atoms with E-state index >= 15 is 0 Å². The monoisotopic (exact) mass is 272 g/mol. The van der Waals surface area contributed by atoms with Crippen LogP contribution in [0.25, 0.3) is 5.69 Å². The van der Waals surface area contributed by atoms with Gasteiger partial charge in [0.2, 0.25) is 5.91 Å². The van der Waals surface area contributed by atoms with Crippen molar-refractivity contribution in [3.05, 3.63) is 36.5 Å². The third-order valence-electron chi connectivity index (χ3n) is 3.33. The van der Waals surface area contributed by atoms with Gasteiger partial charge in [0.1, 0.15) is 5.82 Å². The number of benzene rings is 1. The zero-order valence-electron chi connectivity index (χ0n) is 11.0. The number of carbonyl (C=O) groups excluding carboxylic acids is 1. The lowest BCUT2D eigenvalue weighted by atomic mass is 10.1. The maximum absolute atomic E-state index is 12.1. The number of ether oxygens (including phenoxy) is 1. The van der Waals surface area contributed by atoms with Gasteiger partial charge in [0, 0.05) is 18.4 Å². The Morgan fingerprint density at radius 2 is 2.15 bits per heavy atom. The first-order valence-corrected chi connectivity index (χ1v) is 6.52. The Kier molecular flexibility index (Phi) is 3.39. The number of nitrogen functional groups attached to an aromatic ring is 1. The van der Waals surface area contributed by atoms with E-state index in [0.717, 1.165) is 12.1 Å². The highest BCUT2D eigenvalue weighted by atomic mass is 16.5. The summed E-state index contributed by atoms with van der Waals surface area (Å²) in [7, 11) is 0. The van der Waals surface area contributed by atoms with E-state index < -0.39 is 0 Å². The molecule has 3 N–H and O–H groups in total. The average molecular weight is 272 g/mol. The van der Waals surface area contributed by atoms with Crippen molar-refractivity contribution in [1.82, 2.24) is 9.78 Å². The fourth-order valence-electron chi connectivity index (χ4n) is 2.19. The van der Waals surface area contributed by atoms with Crippen molar-refractivity contribution in [1.29, 1.82) is 0 Å². The van der Waals surface area contributed by atoms with Crippen LogP contribution in [-0.2, 0) is 9.53 Å². The van der Waals surface area contributed by atoms with Crippen molar-refractivity contribution in [2.45, 2.75) is 6.42 Å². The molecule has 0 radical (unpaired) electrons. The Bertz CT molecular complexity index is 600. The summed E-state index contributed by atoms with van der Waals surface area (Å²) in [5, 5.41) is 7.12. The first-order valence-electron chi connectivity index (χ1n) is 6.52. The van der Waals surface area contributed by atoms with Crippen LogP contribution in [0.2, 0.25) is 0 Å². The lowest BCUT2D eigenvalue weighted by Gasteiger charge is -2.11. The van der Waals surface area contributed by atoms with E-state index in [1.54, 1.807) is 29.1 Å². The molecule has 104 valence electrons. The van der Waals surface area contributed by atoms with E-state index in [1.165, 1.54) is 0 Å². The highest BCUT2D eigenvalue weighted by molar-refractivity contribution is 5.92. The molecule has 1 aliphatic rings. The van der Waals surface area contributed by atoms with E-state index in [4.69, 9.17) is 10.5 Å². The molecular formula is C14H16N4O2. The third-order valence-corrected chi connectivity index (χ3v) is 3.33.